The first-order valence-electron chi connectivity index (χ1n) is 5.96. The molecule has 1 aromatic carbocycles. The van der Waals surface area contributed by atoms with Gasteiger partial charge in [0.1, 0.15) is 0 Å². The fourth-order valence-corrected chi connectivity index (χ4v) is 1.97. The molecule has 2 N–H and O–H groups in total. The monoisotopic (exact) mass is 230 g/mol. The number of nitrogens with zero attached hydrogens (tertiary/aromatic N) is 1. The highest BCUT2D eigenvalue weighted by molar-refractivity contribution is 5.82. The summed E-state index contributed by atoms with van der Waals surface area (Å²) in [4.78, 5) is 12.2. The highest BCUT2D eigenvalue weighted by Gasteiger charge is 2.05. The molecule has 2 rings (SSSR count). The zero-order valence-corrected chi connectivity index (χ0v) is 10.3. The van der Waals surface area contributed by atoms with Gasteiger partial charge in [0.15, 0.2) is 0 Å². The molecule has 0 radical (unpaired) electrons. The summed E-state index contributed by atoms with van der Waals surface area (Å²) in [7, 11) is 0. The Morgan fingerprint density at radius 3 is 2.71 bits per heavy atom. The van der Waals surface area contributed by atoms with Crippen LogP contribution in [0.25, 0.3) is 10.8 Å². The summed E-state index contributed by atoms with van der Waals surface area (Å²) in [5.74, 6) is 0.432. The van der Waals surface area contributed by atoms with E-state index in [-0.39, 0.29) is 5.56 Å². The second-order valence-electron chi connectivity index (χ2n) is 4.60. The van der Waals surface area contributed by atoms with Crippen molar-refractivity contribution in [2.75, 3.05) is 6.54 Å². The van der Waals surface area contributed by atoms with Crippen molar-refractivity contribution in [3.63, 3.8) is 0 Å². The van der Waals surface area contributed by atoms with Crippen molar-refractivity contribution in [2.45, 2.75) is 26.3 Å². The molecule has 0 amide bonds. The van der Waals surface area contributed by atoms with E-state index in [1.165, 1.54) is 5.56 Å². The van der Waals surface area contributed by atoms with E-state index >= 15 is 0 Å². The average molecular weight is 230 g/mol. The van der Waals surface area contributed by atoms with E-state index in [0.29, 0.717) is 19.0 Å². The van der Waals surface area contributed by atoms with Gasteiger partial charge in [-0.15, -0.1) is 0 Å². The number of fused-ring (bicyclic) bond motifs is 1. The third kappa shape index (κ3) is 2.24. The molecule has 0 atom stereocenters. The Labute approximate surface area is 101 Å². The van der Waals surface area contributed by atoms with Gasteiger partial charge >= 0.3 is 0 Å². The van der Waals surface area contributed by atoms with Crippen molar-refractivity contribution >= 4 is 10.8 Å². The van der Waals surface area contributed by atoms with E-state index in [9.17, 15) is 4.79 Å². The standard InChI is InChI=1S/C14H18N2O/c1-10(2)12-4-3-11-5-7-16(8-6-15)14(17)13(11)9-12/h3-5,7,9-10H,6,8,15H2,1-2H3. The summed E-state index contributed by atoms with van der Waals surface area (Å²) in [6, 6.07) is 8.06. The maximum absolute atomic E-state index is 12.2. The van der Waals surface area contributed by atoms with Gasteiger partial charge in [-0.1, -0.05) is 26.0 Å². The lowest BCUT2D eigenvalue weighted by Crippen LogP contribution is -2.23. The SMILES string of the molecule is CC(C)c1ccc2ccn(CCN)c(=O)c2c1. The number of rotatable bonds is 3. The largest absolute Gasteiger partial charge is 0.329 e. The Hall–Kier alpha value is -1.61. The number of nitrogens with two attached hydrogens (primary N) is 1. The third-order valence-corrected chi connectivity index (χ3v) is 3.04. The molecule has 0 spiro atoms. The highest BCUT2D eigenvalue weighted by Crippen LogP contribution is 2.18. The van der Waals surface area contributed by atoms with Crippen LogP contribution >= 0.6 is 0 Å². The fourth-order valence-electron chi connectivity index (χ4n) is 1.97. The molecule has 3 nitrogen and oxygen atoms in total. The van der Waals surface area contributed by atoms with Crippen molar-refractivity contribution in [1.29, 1.82) is 0 Å². The number of pyridine rings is 1. The summed E-state index contributed by atoms with van der Waals surface area (Å²) in [5.41, 5.74) is 6.74. The van der Waals surface area contributed by atoms with Gasteiger partial charge in [0, 0.05) is 24.7 Å². The Morgan fingerprint density at radius 1 is 1.29 bits per heavy atom. The molecule has 0 fully saturated rings. The first-order valence-corrected chi connectivity index (χ1v) is 5.96. The molecule has 1 aromatic heterocycles. The predicted molar refractivity (Wildman–Crippen MR) is 71.4 cm³/mol. The van der Waals surface area contributed by atoms with Gasteiger partial charge in [-0.05, 0) is 29.0 Å². The normalized spacial score (nSPS) is 11.3. The van der Waals surface area contributed by atoms with Crippen LogP contribution < -0.4 is 11.3 Å². The first kappa shape index (κ1) is 11.9. The van der Waals surface area contributed by atoms with Crippen LogP contribution in [0, 0.1) is 0 Å². The van der Waals surface area contributed by atoms with Gasteiger partial charge in [0.25, 0.3) is 5.56 Å². The van der Waals surface area contributed by atoms with Crippen LogP contribution in [-0.4, -0.2) is 11.1 Å². The summed E-state index contributed by atoms with van der Waals surface area (Å²) in [5, 5.41) is 1.78. The van der Waals surface area contributed by atoms with Crippen molar-refractivity contribution in [2.24, 2.45) is 5.73 Å². The summed E-state index contributed by atoms with van der Waals surface area (Å²) in [6.07, 6.45) is 1.81. The fraction of sp³-hybridized carbons (Fsp3) is 0.357. The predicted octanol–water partition coefficient (Wildman–Crippen LogP) is 2.08. The maximum atomic E-state index is 12.2. The van der Waals surface area contributed by atoms with Gasteiger partial charge < -0.3 is 10.3 Å². The lowest BCUT2D eigenvalue weighted by Gasteiger charge is -2.09. The minimum Gasteiger partial charge on any atom is -0.329 e. The maximum Gasteiger partial charge on any atom is 0.258 e. The number of hydrogen-bond acceptors (Lipinski definition) is 2. The first-order chi connectivity index (χ1) is 8.13. The van der Waals surface area contributed by atoms with E-state index < -0.39 is 0 Å². The molecule has 1 heterocycles. The lowest BCUT2D eigenvalue weighted by molar-refractivity contribution is 0.686. The highest BCUT2D eigenvalue weighted by atomic mass is 16.1. The van der Waals surface area contributed by atoms with Crippen molar-refractivity contribution in [3.8, 4) is 0 Å². The minimum atomic E-state index is 0.0513. The summed E-state index contributed by atoms with van der Waals surface area (Å²) in [6.45, 7) is 5.31. The molecule has 0 aliphatic rings. The van der Waals surface area contributed by atoms with Crippen molar-refractivity contribution < 1.29 is 0 Å². The van der Waals surface area contributed by atoms with E-state index in [2.05, 4.69) is 19.9 Å². The molecule has 90 valence electrons. The molecule has 17 heavy (non-hydrogen) atoms. The third-order valence-electron chi connectivity index (χ3n) is 3.04. The van der Waals surface area contributed by atoms with Crippen LogP contribution in [0.15, 0.2) is 35.3 Å². The second-order valence-corrected chi connectivity index (χ2v) is 4.60. The van der Waals surface area contributed by atoms with Crippen LogP contribution in [0.5, 0.6) is 0 Å². The van der Waals surface area contributed by atoms with E-state index in [1.807, 2.05) is 24.4 Å². The topological polar surface area (TPSA) is 48.0 Å². The quantitative estimate of drug-likeness (QED) is 0.877. The smallest absolute Gasteiger partial charge is 0.258 e. The number of hydrogen-bond donors (Lipinski definition) is 1. The molecule has 0 saturated heterocycles. The van der Waals surface area contributed by atoms with E-state index in [1.54, 1.807) is 4.57 Å². The van der Waals surface area contributed by atoms with Crippen molar-refractivity contribution in [1.82, 2.24) is 4.57 Å². The van der Waals surface area contributed by atoms with E-state index in [0.717, 1.165) is 10.8 Å². The van der Waals surface area contributed by atoms with E-state index in [4.69, 9.17) is 5.73 Å². The number of aromatic nitrogens is 1. The zero-order chi connectivity index (χ0) is 12.4. The Kier molecular flexibility index (Phi) is 3.29. The summed E-state index contributed by atoms with van der Waals surface area (Å²) < 4.78 is 1.67. The molecule has 3 heteroatoms. The zero-order valence-electron chi connectivity index (χ0n) is 10.3. The van der Waals surface area contributed by atoms with Crippen LogP contribution in [0.1, 0.15) is 25.3 Å². The molecule has 0 aliphatic heterocycles. The molecular weight excluding hydrogens is 212 g/mol. The van der Waals surface area contributed by atoms with Crippen LogP contribution in [0.4, 0.5) is 0 Å². The van der Waals surface area contributed by atoms with Gasteiger partial charge in [0.2, 0.25) is 0 Å². The van der Waals surface area contributed by atoms with Gasteiger partial charge in [-0.25, -0.2) is 0 Å². The molecule has 2 aromatic rings. The minimum absolute atomic E-state index is 0.0513. The number of benzene rings is 1. The summed E-state index contributed by atoms with van der Waals surface area (Å²) >= 11 is 0. The Bertz CT molecular complexity index is 584. The molecule has 0 bridgehead atoms. The van der Waals surface area contributed by atoms with Gasteiger partial charge in [-0.3, -0.25) is 4.79 Å². The Balaban J connectivity index is 2.65. The Morgan fingerprint density at radius 2 is 2.06 bits per heavy atom. The van der Waals surface area contributed by atoms with Gasteiger partial charge in [0.05, 0.1) is 0 Å². The molecule has 0 unspecified atom stereocenters. The van der Waals surface area contributed by atoms with Crippen LogP contribution in [0.3, 0.4) is 0 Å². The van der Waals surface area contributed by atoms with Crippen molar-refractivity contribution in [3.05, 3.63) is 46.4 Å². The average Bonchev–Trinajstić information content (AvgIpc) is 2.32. The second kappa shape index (κ2) is 4.72. The van der Waals surface area contributed by atoms with Crippen LogP contribution in [0.2, 0.25) is 0 Å². The molecule has 0 saturated carbocycles. The van der Waals surface area contributed by atoms with Crippen LogP contribution in [-0.2, 0) is 6.54 Å². The molecule has 0 aliphatic carbocycles. The molecular formula is C14H18N2O. The lowest BCUT2D eigenvalue weighted by atomic mass is 10.0. The van der Waals surface area contributed by atoms with Gasteiger partial charge in [-0.2, -0.15) is 0 Å².